The molecule has 3 nitrogen and oxygen atoms in total. The first-order valence-electron chi connectivity index (χ1n) is 6.74. The van der Waals surface area contributed by atoms with Crippen molar-refractivity contribution in [1.29, 1.82) is 0 Å². The Morgan fingerprint density at radius 2 is 2.15 bits per heavy atom. The van der Waals surface area contributed by atoms with E-state index in [9.17, 15) is 9.18 Å². The van der Waals surface area contributed by atoms with Crippen LogP contribution in [0.1, 0.15) is 41.8 Å². The lowest BCUT2D eigenvalue weighted by molar-refractivity contribution is -0.146. The Morgan fingerprint density at radius 1 is 1.40 bits per heavy atom. The number of aromatic nitrogens is 1. The summed E-state index contributed by atoms with van der Waals surface area (Å²) >= 11 is 0. The van der Waals surface area contributed by atoms with Gasteiger partial charge in [0.2, 0.25) is 0 Å². The molecule has 0 radical (unpaired) electrons. The van der Waals surface area contributed by atoms with Crippen molar-refractivity contribution in [3.05, 3.63) is 40.3 Å². The summed E-state index contributed by atoms with van der Waals surface area (Å²) in [5.41, 5.74) is 4.10. The fourth-order valence-corrected chi connectivity index (χ4v) is 2.99. The summed E-state index contributed by atoms with van der Waals surface area (Å²) in [6, 6.07) is 3.44. The van der Waals surface area contributed by atoms with Crippen molar-refractivity contribution in [3.63, 3.8) is 0 Å². The Kier molecular flexibility index (Phi) is 2.96. The Hall–Kier alpha value is -1.97. The van der Waals surface area contributed by atoms with Crippen LogP contribution in [0.25, 0.3) is 10.9 Å². The second-order valence-electron chi connectivity index (χ2n) is 5.38. The molecule has 0 aliphatic heterocycles. The maximum atomic E-state index is 14.1. The zero-order chi connectivity index (χ0) is 14.4. The number of carbonyl (C=O) groups excluding carboxylic acids is 1. The van der Waals surface area contributed by atoms with Gasteiger partial charge in [-0.2, -0.15) is 0 Å². The quantitative estimate of drug-likeness (QED) is 0.746. The van der Waals surface area contributed by atoms with E-state index in [2.05, 4.69) is 4.98 Å². The first-order valence-corrected chi connectivity index (χ1v) is 6.74. The maximum Gasteiger partial charge on any atom is 0.303 e. The van der Waals surface area contributed by atoms with Gasteiger partial charge in [-0.3, -0.25) is 4.79 Å². The fourth-order valence-electron chi connectivity index (χ4n) is 2.99. The van der Waals surface area contributed by atoms with Gasteiger partial charge in [0.05, 0.1) is 5.69 Å². The van der Waals surface area contributed by atoms with Gasteiger partial charge < -0.3 is 4.74 Å². The molecule has 1 aromatic carbocycles. The van der Waals surface area contributed by atoms with Crippen LogP contribution >= 0.6 is 0 Å². The lowest BCUT2D eigenvalue weighted by Crippen LogP contribution is -2.07. The zero-order valence-corrected chi connectivity index (χ0v) is 11.8. The van der Waals surface area contributed by atoms with Crippen LogP contribution in [0.4, 0.5) is 4.39 Å². The van der Waals surface area contributed by atoms with Crippen molar-refractivity contribution < 1.29 is 13.9 Å². The number of hydrogen-bond acceptors (Lipinski definition) is 3. The van der Waals surface area contributed by atoms with Crippen molar-refractivity contribution in [2.45, 2.75) is 39.7 Å². The number of rotatable bonds is 1. The molecular weight excluding hydrogens is 257 g/mol. The summed E-state index contributed by atoms with van der Waals surface area (Å²) in [5, 5.41) is 0.852. The number of ether oxygens (including phenoxy) is 1. The number of nitrogens with zero attached hydrogens (tertiary/aromatic N) is 1. The van der Waals surface area contributed by atoms with Gasteiger partial charge in [-0.25, -0.2) is 9.37 Å². The van der Waals surface area contributed by atoms with E-state index in [1.54, 1.807) is 0 Å². The number of benzene rings is 1. The van der Waals surface area contributed by atoms with Gasteiger partial charge in [0.1, 0.15) is 17.4 Å². The van der Waals surface area contributed by atoms with Crippen LogP contribution < -0.4 is 0 Å². The predicted octanol–water partition coefficient (Wildman–Crippen LogP) is 3.54. The molecule has 0 bridgehead atoms. The van der Waals surface area contributed by atoms with Crippen molar-refractivity contribution in [2.75, 3.05) is 0 Å². The van der Waals surface area contributed by atoms with E-state index in [1.165, 1.54) is 13.0 Å². The Balaban J connectivity index is 2.23. The average Bonchev–Trinajstić information content (AvgIpc) is 2.74. The molecule has 1 heterocycles. The van der Waals surface area contributed by atoms with Crippen molar-refractivity contribution in [2.24, 2.45) is 0 Å². The second-order valence-corrected chi connectivity index (χ2v) is 5.38. The Morgan fingerprint density at radius 3 is 2.85 bits per heavy atom. The topological polar surface area (TPSA) is 39.2 Å². The molecule has 1 atom stereocenters. The van der Waals surface area contributed by atoms with E-state index in [4.69, 9.17) is 4.74 Å². The number of hydrogen-bond donors (Lipinski definition) is 0. The zero-order valence-electron chi connectivity index (χ0n) is 11.8. The number of aryl methyl sites for hydroxylation is 2. The highest BCUT2D eigenvalue weighted by atomic mass is 19.1. The molecule has 1 unspecified atom stereocenters. The number of halogens is 1. The maximum absolute atomic E-state index is 14.1. The number of esters is 1. The molecule has 1 aliphatic carbocycles. The van der Waals surface area contributed by atoms with E-state index in [0.29, 0.717) is 11.2 Å². The van der Waals surface area contributed by atoms with Crippen LogP contribution in [0.5, 0.6) is 0 Å². The van der Waals surface area contributed by atoms with E-state index in [-0.39, 0.29) is 17.9 Å². The van der Waals surface area contributed by atoms with Crippen LogP contribution in [0.15, 0.2) is 12.1 Å². The molecule has 2 aromatic rings. The van der Waals surface area contributed by atoms with Crippen LogP contribution in [-0.4, -0.2) is 11.0 Å². The minimum absolute atomic E-state index is 0.320. The smallest absolute Gasteiger partial charge is 0.303 e. The highest BCUT2D eigenvalue weighted by molar-refractivity contribution is 5.85. The Labute approximate surface area is 116 Å². The molecule has 1 aliphatic rings. The van der Waals surface area contributed by atoms with Crippen molar-refractivity contribution in [3.8, 4) is 0 Å². The normalized spacial score (nSPS) is 17.3. The fraction of sp³-hybridized carbons (Fsp3) is 0.375. The van der Waals surface area contributed by atoms with E-state index < -0.39 is 0 Å². The van der Waals surface area contributed by atoms with Gasteiger partial charge in [-0.1, -0.05) is 0 Å². The van der Waals surface area contributed by atoms with Gasteiger partial charge >= 0.3 is 5.97 Å². The molecule has 0 N–H and O–H groups in total. The summed E-state index contributed by atoms with van der Waals surface area (Å²) in [6.07, 6.45) is 1.20. The highest BCUT2D eigenvalue weighted by Gasteiger charge is 2.29. The SMILES string of the molecule is CC(=O)OC1CCc2c1nc1c(F)cc(C)cc1c2C. The Bertz CT molecular complexity index is 724. The summed E-state index contributed by atoms with van der Waals surface area (Å²) < 4.78 is 19.4. The number of pyridine rings is 1. The minimum atomic E-state index is -0.341. The summed E-state index contributed by atoms with van der Waals surface area (Å²) in [5.74, 6) is -0.647. The van der Waals surface area contributed by atoms with Crippen molar-refractivity contribution >= 4 is 16.9 Å². The predicted molar refractivity (Wildman–Crippen MR) is 74.0 cm³/mol. The van der Waals surface area contributed by atoms with E-state index in [0.717, 1.165) is 34.9 Å². The van der Waals surface area contributed by atoms with Gasteiger partial charge in [-0.15, -0.1) is 0 Å². The van der Waals surface area contributed by atoms with E-state index >= 15 is 0 Å². The molecule has 0 saturated heterocycles. The molecule has 4 heteroatoms. The summed E-state index contributed by atoms with van der Waals surface area (Å²) in [6.45, 7) is 5.24. The average molecular weight is 273 g/mol. The molecule has 104 valence electrons. The molecule has 0 fully saturated rings. The second kappa shape index (κ2) is 4.54. The molecule has 0 spiro atoms. The molecule has 3 rings (SSSR count). The van der Waals surface area contributed by atoms with Gasteiger partial charge in [0, 0.05) is 12.3 Å². The lowest BCUT2D eigenvalue weighted by Gasteiger charge is -2.14. The minimum Gasteiger partial charge on any atom is -0.456 e. The van der Waals surface area contributed by atoms with Gasteiger partial charge in [0.15, 0.2) is 0 Å². The lowest BCUT2D eigenvalue weighted by atomic mass is 10.0. The molecular formula is C16H16FNO2. The van der Waals surface area contributed by atoms with Crippen molar-refractivity contribution in [1.82, 2.24) is 4.98 Å². The van der Waals surface area contributed by atoms with Gasteiger partial charge in [0.25, 0.3) is 0 Å². The molecule has 0 amide bonds. The largest absolute Gasteiger partial charge is 0.456 e. The van der Waals surface area contributed by atoms with Crippen LogP contribution in [0.3, 0.4) is 0 Å². The van der Waals surface area contributed by atoms with Crippen LogP contribution in [-0.2, 0) is 16.0 Å². The summed E-state index contributed by atoms with van der Waals surface area (Å²) in [4.78, 5) is 15.6. The number of carbonyl (C=O) groups is 1. The third-order valence-corrected chi connectivity index (χ3v) is 3.88. The first-order chi connectivity index (χ1) is 9.47. The number of fused-ring (bicyclic) bond motifs is 2. The van der Waals surface area contributed by atoms with Crippen LogP contribution in [0.2, 0.25) is 0 Å². The summed E-state index contributed by atoms with van der Waals surface area (Å²) in [7, 11) is 0. The van der Waals surface area contributed by atoms with Crippen LogP contribution in [0, 0.1) is 19.7 Å². The van der Waals surface area contributed by atoms with Gasteiger partial charge in [-0.05, 0) is 55.5 Å². The van der Waals surface area contributed by atoms with E-state index in [1.807, 2.05) is 19.9 Å². The standard InChI is InChI=1S/C16H16FNO2/c1-8-6-12-9(2)11-4-5-14(20-10(3)19)16(11)18-15(12)13(17)7-8/h6-7,14H,4-5H2,1-3H3. The highest BCUT2D eigenvalue weighted by Crippen LogP contribution is 2.38. The molecule has 20 heavy (non-hydrogen) atoms. The third-order valence-electron chi connectivity index (χ3n) is 3.88. The molecule has 1 aromatic heterocycles. The first kappa shape index (κ1) is 13.0. The molecule has 0 saturated carbocycles. The third kappa shape index (κ3) is 1.96. The monoisotopic (exact) mass is 273 g/mol.